The summed E-state index contributed by atoms with van der Waals surface area (Å²) in [6, 6.07) is -0.572. The average Bonchev–Trinajstić information content (AvgIpc) is 3.16. The molecule has 3 aromatic rings. The van der Waals surface area contributed by atoms with E-state index in [-0.39, 0.29) is 54.1 Å². The third kappa shape index (κ3) is 6.84. The number of rotatable bonds is 10. The Morgan fingerprint density at radius 1 is 1.19 bits per heavy atom. The lowest BCUT2D eigenvalue weighted by Crippen LogP contribution is -2.25. The van der Waals surface area contributed by atoms with Crippen LogP contribution in [-0.4, -0.2) is 76.5 Å². The topological polar surface area (TPSA) is 131 Å². The lowest BCUT2D eigenvalue weighted by atomic mass is 10.2. The van der Waals surface area contributed by atoms with Crippen LogP contribution in [0.5, 0.6) is 11.5 Å². The predicted octanol–water partition coefficient (Wildman–Crippen LogP) is 2.85. The minimum absolute atomic E-state index is 0.00110. The van der Waals surface area contributed by atoms with Gasteiger partial charge >= 0.3 is 6.18 Å². The number of aryl methyl sites for hydroxylation is 1. The van der Waals surface area contributed by atoms with E-state index in [1.807, 2.05) is 0 Å². The zero-order valence-electron chi connectivity index (χ0n) is 19.5. The Bertz CT molecular complexity index is 1340. The summed E-state index contributed by atoms with van der Waals surface area (Å²) in [5, 5.41) is 8.56. The Morgan fingerprint density at radius 3 is 2.65 bits per heavy atom. The molecule has 0 N–H and O–H groups in total. The highest BCUT2D eigenvalue weighted by Crippen LogP contribution is 2.41. The van der Waals surface area contributed by atoms with Crippen molar-refractivity contribution in [2.24, 2.45) is 0 Å². The number of pyridine rings is 1. The summed E-state index contributed by atoms with van der Waals surface area (Å²) in [6.07, 6.45) is 0.715. The van der Waals surface area contributed by atoms with Crippen LogP contribution in [0.1, 0.15) is 24.6 Å². The van der Waals surface area contributed by atoms with E-state index in [1.54, 1.807) is 11.5 Å². The molecule has 11 nitrogen and oxygen atoms in total. The zero-order valence-corrected chi connectivity index (χ0v) is 21.1. The molecule has 4 rings (SSSR count). The van der Waals surface area contributed by atoms with Crippen molar-refractivity contribution >= 4 is 21.4 Å². The van der Waals surface area contributed by atoms with Crippen LogP contribution in [0.3, 0.4) is 0 Å². The number of ether oxygens (including phenoxy) is 3. The molecule has 0 fully saturated rings. The summed E-state index contributed by atoms with van der Waals surface area (Å²) in [5.41, 5.74) is 0.212. The molecular formula is C21H22ClF3N6O5S. The third-order valence-corrected chi connectivity index (χ3v) is 6.94. The van der Waals surface area contributed by atoms with Crippen LogP contribution in [0, 0.1) is 0 Å². The van der Waals surface area contributed by atoms with E-state index in [0.717, 1.165) is 6.20 Å². The number of hydrogen-bond donors (Lipinski definition) is 0. The fraction of sp³-hybridized carbons (Fsp3) is 0.476. The molecule has 0 spiro atoms. The first-order valence-corrected chi connectivity index (χ1v) is 13.3. The SMILES string of the molecule is CCOC[C@H]1COc2c(OCC(F)(F)F)cncc2-c2nnc(CS(=O)(=O)CCc3ncc(Cl)cn3)n21. The van der Waals surface area contributed by atoms with Crippen molar-refractivity contribution in [3.8, 4) is 22.9 Å². The van der Waals surface area contributed by atoms with E-state index in [2.05, 4.69) is 25.1 Å². The second-order valence-electron chi connectivity index (χ2n) is 8.01. The van der Waals surface area contributed by atoms with Crippen LogP contribution in [0.4, 0.5) is 13.2 Å². The van der Waals surface area contributed by atoms with Crippen LogP contribution in [0.25, 0.3) is 11.4 Å². The Balaban J connectivity index is 1.64. The standard InChI is InChI=1S/C21H22ClF3N6O5S/c1-2-34-9-14-10-35-19-15(7-26-8-16(19)36-12-21(23,24)25)20-30-29-18(31(14)20)11-37(32,33)4-3-17-27-5-13(22)6-28-17/h5-8,14H,2-4,9-12H2,1H3/t14-/m0/s1. The molecule has 3 aromatic heterocycles. The molecule has 0 unspecified atom stereocenters. The summed E-state index contributed by atoms with van der Waals surface area (Å²) >= 11 is 5.77. The Hall–Kier alpha value is -3.04. The maximum Gasteiger partial charge on any atom is 0.422 e. The van der Waals surface area contributed by atoms with E-state index in [9.17, 15) is 21.6 Å². The summed E-state index contributed by atoms with van der Waals surface area (Å²) in [6.45, 7) is 0.682. The van der Waals surface area contributed by atoms with Gasteiger partial charge in [0.05, 0.1) is 35.2 Å². The van der Waals surface area contributed by atoms with Crippen LogP contribution >= 0.6 is 11.6 Å². The van der Waals surface area contributed by atoms with Gasteiger partial charge in [-0.1, -0.05) is 11.6 Å². The number of nitrogens with zero attached hydrogens (tertiary/aromatic N) is 6. The molecule has 1 aliphatic heterocycles. The summed E-state index contributed by atoms with van der Waals surface area (Å²) in [7, 11) is -3.70. The molecule has 0 saturated carbocycles. The van der Waals surface area contributed by atoms with Gasteiger partial charge < -0.3 is 18.8 Å². The van der Waals surface area contributed by atoms with Crippen LogP contribution < -0.4 is 9.47 Å². The van der Waals surface area contributed by atoms with Crippen molar-refractivity contribution in [2.75, 3.05) is 32.2 Å². The molecule has 16 heteroatoms. The third-order valence-electron chi connectivity index (χ3n) is 5.22. The van der Waals surface area contributed by atoms with Gasteiger partial charge in [-0.15, -0.1) is 10.2 Å². The summed E-state index contributed by atoms with van der Waals surface area (Å²) < 4.78 is 82.0. The number of aromatic nitrogens is 6. The minimum Gasteiger partial charge on any atom is -0.487 e. The maximum absolute atomic E-state index is 12.9. The quantitative estimate of drug-likeness (QED) is 0.363. The van der Waals surface area contributed by atoms with Gasteiger partial charge in [-0.3, -0.25) is 4.98 Å². The second-order valence-corrected chi connectivity index (χ2v) is 10.6. The first-order valence-electron chi connectivity index (χ1n) is 11.1. The van der Waals surface area contributed by atoms with Gasteiger partial charge in [0, 0.05) is 31.6 Å². The fourth-order valence-electron chi connectivity index (χ4n) is 3.60. The number of fused-ring (bicyclic) bond motifs is 3. The van der Waals surface area contributed by atoms with Gasteiger partial charge in [-0.05, 0) is 6.92 Å². The highest BCUT2D eigenvalue weighted by molar-refractivity contribution is 7.90. The molecule has 1 aliphatic rings. The summed E-state index contributed by atoms with van der Waals surface area (Å²) in [5.74, 6) is -0.315. The van der Waals surface area contributed by atoms with Gasteiger partial charge in [0.1, 0.15) is 24.0 Å². The highest BCUT2D eigenvalue weighted by Gasteiger charge is 2.33. The van der Waals surface area contributed by atoms with Gasteiger partial charge in [-0.2, -0.15) is 13.2 Å². The molecule has 0 aromatic carbocycles. The monoisotopic (exact) mass is 562 g/mol. The molecule has 0 radical (unpaired) electrons. The highest BCUT2D eigenvalue weighted by atomic mass is 35.5. The molecule has 37 heavy (non-hydrogen) atoms. The first kappa shape index (κ1) is 27.0. The number of alkyl halides is 3. The van der Waals surface area contributed by atoms with Crippen LogP contribution in [0.15, 0.2) is 24.8 Å². The lowest BCUT2D eigenvalue weighted by Gasteiger charge is -2.19. The number of hydrogen-bond acceptors (Lipinski definition) is 10. The van der Waals surface area contributed by atoms with Crippen molar-refractivity contribution in [3.63, 3.8) is 0 Å². The largest absolute Gasteiger partial charge is 0.487 e. The van der Waals surface area contributed by atoms with E-state index in [1.165, 1.54) is 18.6 Å². The molecule has 200 valence electrons. The van der Waals surface area contributed by atoms with Gasteiger partial charge in [0.25, 0.3) is 0 Å². The predicted molar refractivity (Wildman–Crippen MR) is 124 cm³/mol. The molecule has 0 saturated heterocycles. The van der Waals surface area contributed by atoms with Gasteiger partial charge in [0.2, 0.25) is 0 Å². The smallest absolute Gasteiger partial charge is 0.422 e. The Morgan fingerprint density at radius 2 is 1.95 bits per heavy atom. The zero-order chi connectivity index (χ0) is 26.6. The van der Waals surface area contributed by atoms with E-state index in [4.69, 9.17) is 25.8 Å². The van der Waals surface area contributed by atoms with E-state index in [0.29, 0.717) is 17.5 Å². The number of sulfone groups is 1. The van der Waals surface area contributed by atoms with Crippen molar-refractivity contribution < 1.29 is 35.8 Å². The van der Waals surface area contributed by atoms with Crippen molar-refractivity contribution in [1.82, 2.24) is 29.7 Å². The number of halogens is 4. The van der Waals surface area contributed by atoms with Crippen LogP contribution in [0.2, 0.25) is 5.02 Å². The van der Waals surface area contributed by atoms with Crippen LogP contribution in [-0.2, 0) is 26.7 Å². The maximum atomic E-state index is 12.9. The van der Waals surface area contributed by atoms with E-state index < -0.39 is 34.4 Å². The molecule has 0 amide bonds. The normalized spacial score (nSPS) is 15.4. The van der Waals surface area contributed by atoms with Crippen molar-refractivity contribution in [1.29, 1.82) is 0 Å². The second kappa shape index (κ2) is 11.1. The van der Waals surface area contributed by atoms with Crippen molar-refractivity contribution in [2.45, 2.75) is 31.3 Å². The molecule has 4 heterocycles. The first-order chi connectivity index (χ1) is 17.6. The van der Waals surface area contributed by atoms with Gasteiger partial charge in [0.15, 0.2) is 33.8 Å². The Kier molecular flexibility index (Phi) is 8.14. The minimum atomic E-state index is -4.57. The molecule has 0 bridgehead atoms. The van der Waals surface area contributed by atoms with Crippen molar-refractivity contribution in [3.05, 3.63) is 41.5 Å². The molecule has 0 aliphatic carbocycles. The Labute approximate surface area is 214 Å². The van der Waals surface area contributed by atoms with Gasteiger partial charge in [-0.25, -0.2) is 18.4 Å². The van der Waals surface area contributed by atoms with E-state index >= 15 is 0 Å². The molecular weight excluding hydrogens is 541 g/mol. The average molecular weight is 563 g/mol. The summed E-state index contributed by atoms with van der Waals surface area (Å²) in [4.78, 5) is 12.0. The lowest BCUT2D eigenvalue weighted by molar-refractivity contribution is -0.153. The molecule has 1 atom stereocenters. The fourth-order valence-corrected chi connectivity index (χ4v) is 4.93.